The SMILES string of the molecule is [C-]#N.[C-]#N.[Cu+2].[Fe]. The molecule has 4 heteroatoms. The summed E-state index contributed by atoms with van der Waals surface area (Å²) in [4.78, 5) is 0. The molecule has 0 heterocycles. The Bertz CT molecular complexity index is 27.0. The molecule has 0 aromatic carbocycles. The van der Waals surface area contributed by atoms with Crippen molar-refractivity contribution < 1.29 is 34.1 Å². The van der Waals surface area contributed by atoms with Gasteiger partial charge in [0, 0.05) is 17.1 Å². The summed E-state index contributed by atoms with van der Waals surface area (Å²) in [5.41, 5.74) is 0. The molecule has 0 amide bonds. The third-order valence-electron chi connectivity index (χ3n) is 0. The molecule has 0 saturated carbocycles. The summed E-state index contributed by atoms with van der Waals surface area (Å²) < 4.78 is 0. The summed E-state index contributed by atoms with van der Waals surface area (Å²) in [5.74, 6) is 0. The molecule has 0 aliphatic heterocycles. The van der Waals surface area contributed by atoms with E-state index >= 15 is 0 Å². The summed E-state index contributed by atoms with van der Waals surface area (Å²) in [6, 6.07) is 0. The summed E-state index contributed by atoms with van der Waals surface area (Å²) in [7, 11) is 0. The first kappa shape index (κ1) is 37.2. The van der Waals surface area contributed by atoms with E-state index in [2.05, 4.69) is 0 Å². The van der Waals surface area contributed by atoms with E-state index in [0.717, 1.165) is 0 Å². The van der Waals surface area contributed by atoms with Crippen LogP contribution in [0, 0.1) is 23.7 Å². The Morgan fingerprint density at radius 2 is 0.833 bits per heavy atom. The molecule has 0 fully saturated rings. The Morgan fingerprint density at radius 3 is 0.833 bits per heavy atom. The molecule has 0 aromatic rings. The first-order chi connectivity index (χ1) is 2.00. The first-order valence-corrected chi connectivity index (χ1v) is 0.447. The van der Waals surface area contributed by atoms with Crippen molar-refractivity contribution in [2.75, 3.05) is 0 Å². The van der Waals surface area contributed by atoms with Gasteiger partial charge in [-0.2, -0.15) is 0 Å². The molecule has 2 nitrogen and oxygen atoms in total. The van der Waals surface area contributed by atoms with Gasteiger partial charge >= 0.3 is 17.1 Å². The minimum atomic E-state index is 0. The molecule has 37 valence electrons. The zero-order valence-corrected chi connectivity index (χ0v) is 4.60. The minimum Gasteiger partial charge on any atom is -0.512 e. The fraction of sp³-hybridized carbons (Fsp3) is 0. The average molecular weight is 171 g/mol. The zero-order valence-electron chi connectivity index (χ0n) is 2.55. The maximum Gasteiger partial charge on any atom is 2.00 e. The minimum absolute atomic E-state index is 0. The van der Waals surface area contributed by atoms with Crippen LogP contribution < -0.4 is 0 Å². The van der Waals surface area contributed by atoms with Crippen molar-refractivity contribution in [2.45, 2.75) is 0 Å². The van der Waals surface area contributed by atoms with Gasteiger partial charge in [0.05, 0.1) is 0 Å². The molecule has 1 radical (unpaired) electrons. The van der Waals surface area contributed by atoms with Crippen molar-refractivity contribution in [2.24, 2.45) is 0 Å². The fourth-order valence-corrected chi connectivity index (χ4v) is 0. The van der Waals surface area contributed by atoms with Gasteiger partial charge in [-0.3, -0.25) is 0 Å². The summed E-state index contributed by atoms with van der Waals surface area (Å²) in [5, 5.41) is 12.5. The summed E-state index contributed by atoms with van der Waals surface area (Å²) in [6.45, 7) is 9.50. The molecule has 0 spiro atoms. The second kappa shape index (κ2) is 225000. The van der Waals surface area contributed by atoms with Gasteiger partial charge in [0.15, 0.2) is 0 Å². The van der Waals surface area contributed by atoms with Crippen LogP contribution in [0.25, 0.3) is 0 Å². The number of nitrogens with zero attached hydrogens (tertiary/aromatic N) is 2. The molecule has 0 aliphatic rings. The van der Waals surface area contributed by atoms with E-state index in [1.807, 2.05) is 0 Å². The monoisotopic (exact) mass is 171 g/mol. The predicted molar refractivity (Wildman–Crippen MR) is 9.94 cm³/mol. The zero-order chi connectivity index (χ0) is 4.00. The van der Waals surface area contributed by atoms with Crippen LogP contribution in [0.3, 0.4) is 0 Å². The van der Waals surface area contributed by atoms with E-state index in [0.29, 0.717) is 0 Å². The maximum atomic E-state index is 6.25. The Balaban J connectivity index is -0.00000000500. The number of hydrogen-bond acceptors (Lipinski definition) is 2. The maximum absolute atomic E-state index is 6.25. The smallest absolute Gasteiger partial charge is 0.512 e. The van der Waals surface area contributed by atoms with Crippen LogP contribution >= 0.6 is 0 Å². The largest absolute Gasteiger partial charge is 2.00 e. The van der Waals surface area contributed by atoms with Crippen LogP contribution in [-0.2, 0) is 34.1 Å². The molecule has 0 atom stereocenters. The second-order valence-corrected chi connectivity index (χ2v) is 0. The molecule has 6 heavy (non-hydrogen) atoms. The van der Waals surface area contributed by atoms with Crippen molar-refractivity contribution >= 4 is 0 Å². The van der Waals surface area contributed by atoms with E-state index in [-0.39, 0.29) is 34.1 Å². The standard InChI is InChI=1S/2CN.Cu.Fe/c2*1-2;;/q2*-1;+2;. The molecule has 0 rings (SSSR count). The van der Waals surface area contributed by atoms with Crippen molar-refractivity contribution in [3.63, 3.8) is 0 Å². The predicted octanol–water partition coefficient (Wildman–Crippen LogP) is 0.188. The van der Waals surface area contributed by atoms with Crippen LogP contribution in [0.4, 0.5) is 0 Å². The molecule has 0 unspecified atom stereocenters. The van der Waals surface area contributed by atoms with Crippen molar-refractivity contribution in [1.29, 1.82) is 10.5 Å². The van der Waals surface area contributed by atoms with Gasteiger partial charge in [-0.1, -0.05) is 0 Å². The molecular formula is C2CuFeN2. The van der Waals surface area contributed by atoms with Crippen LogP contribution in [0.1, 0.15) is 0 Å². The van der Waals surface area contributed by atoms with E-state index in [1.54, 1.807) is 0 Å². The third-order valence-corrected chi connectivity index (χ3v) is 0. The molecule has 0 aromatic heterocycles. The Labute approximate surface area is 58.1 Å². The molecule has 0 aliphatic carbocycles. The fourth-order valence-electron chi connectivity index (χ4n) is 0. The van der Waals surface area contributed by atoms with Crippen molar-refractivity contribution in [3.8, 4) is 0 Å². The normalized spacial score (nSPS) is 0.667. The molecule has 0 saturated heterocycles. The Kier molecular flexibility index (Phi) is 1400000. The van der Waals surface area contributed by atoms with E-state index in [1.165, 1.54) is 0 Å². The molecule has 0 N–H and O–H groups in total. The number of rotatable bonds is 0. The van der Waals surface area contributed by atoms with Gasteiger partial charge < -0.3 is 23.7 Å². The van der Waals surface area contributed by atoms with E-state index < -0.39 is 0 Å². The van der Waals surface area contributed by atoms with Crippen molar-refractivity contribution in [1.82, 2.24) is 0 Å². The van der Waals surface area contributed by atoms with Gasteiger partial charge in [-0.15, -0.1) is 0 Å². The third kappa shape index (κ3) is 102000. The quantitative estimate of drug-likeness (QED) is 0.386. The molecular weight excluding hydrogens is 171 g/mol. The molecule has 0 bridgehead atoms. The van der Waals surface area contributed by atoms with Gasteiger partial charge in [0.2, 0.25) is 0 Å². The average Bonchev–Trinajstić information content (AvgIpc) is 1.50. The van der Waals surface area contributed by atoms with Gasteiger partial charge in [-0.25, -0.2) is 0 Å². The Hall–Kier alpha value is 0.0190. The van der Waals surface area contributed by atoms with Crippen molar-refractivity contribution in [3.05, 3.63) is 13.1 Å². The summed E-state index contributed by atoms with van der Waals surface area (Å²) >= 11 is 0. The van der Waals surface area contributed by atoms with Crippen LogP contribution in [0.2, 0.25) is 0 Å². The van der Waals surface area contributed by atoms with E-state index in [9.17, 15) is 0 Å². The second-order valence-electron chi connectivity index (χ2n) is 0. The van der Waals surface area contributed by atoms with Crippen LogP contribution in [0.5, 0.6) is 0 Å². The first-order valence-electron chi connectivity index (χ1n) is 0.447. The van der Waals surface area contributed by atoms with Gasteiger partial charge in [-0.05, 0) is 0 Å². The number of hydrogen-bond donors (Lipinski definition) is 0. The van der Waals surface area contributed by atoms with Crippen LogP contribution in [0.15, 0.2) is 0 Å². The van der Waals surface area contributed by atoms with Gasteiger partial charge in [0.1, 0.15) is 0 Å². The summed E-state index contributed by atoms with van der Waals surface area (Å²) in [6.07, 6.45) is 0. The van der Waals surface area contributed by atoms with Gasteiger partial charge in [0.25, 0.3) is 0 Å². The van der Waals surface area contributed by atoms with Crippen LogP contribution in [-0.4, -0.2) is 0 Å². The van der Waals surface area contributed by atoms with E-state index in [4.69, 9.17) is 23.7 Å². The topological polar surface area (TPSA) is 47.6 Å². The Morgan fingerprint density at radius 1 is 0.833 bits per heavy atom.